The van der Waals surface area contributed by atoms with E-state index in [0.717, 1.165) is 36.3 Å². The number of hydrogen-bond acceptors (Lipinski definition) is 11. The normalized spacial score (nSPS) is 18.1. The molecule has 0 aliphatic carbocycles. The Balaban J connectivity index is 0.852. The van der Waals surface area contributed by atoms with Crippen LogP contribution in [-0.2, 0) is 31.9 Å². The second-order valence-electron chi connectivity index (χ2n) is 16.7. The van der Waals surface area contributed by atoms with Crippen LogP contribution in [0.5, 0.6) is 11.5 Å². The van der Waals surface area contributed by atoms with Crippen LogP contribution in [-0.4, -0.2) is 93.6 Å². The van der Waals surface area contributed by atoms with Gasteiger partial charge in [-0.05, 0) is 75.1 Å². The van der Waals surface area contributed by atoms with Gasteiger partial charge in [0.1, 0.15) is 23.8 Å². The first kappa shape index (κ1) is 45.6. The zero-order chi connectivity index (χ0) is 45.9. The van der Waals surface area contributed by atoms with E-state index in [-0.39, 0.29) is 54.8 Å². The van der Waals surface area contributed by atoms with Crippen molar-refractivity contribution in [2.45, 2.75) is 109 Å². The number of benzene rings is 3. The number of piperidine rings is 1. The number of unbranched alkanes of at least 4 members (excludes halogenated alkanes) is 4. The number of ether oxygens (including phenoxy) is 2. The summed E-state index contributed by atoms with van der Waals surface area (Å²) in [7, 11) is 2.94. The lowest BCUT2D eigenvalue weighted by Crippen LogP contribution is -2.53. The van der Waals surface area contributed by atoms with Crippen LogP contribution in [0.3, 0.4) is 0 Å². The van der Waals surface area contributed by atoms with E-state index in [9.17, 15) is 37.1 Å². The molecule has 3 aliphatic heterocycles. The molecule has 4 heterocycles. The topological polar surface area (TPSA) is 189 Å². The number of likely N-dealkylation sites (tertiary alicyclic amines) is 2. The van der Waals surface area contributed by atoms with Gasteiger partial charge in [0.05, 0.1) is 30.8 Å². The smallest absolute Gasteiger partial charge is 0.416 e. The fraction of sp³-hybridized carbons (Fsp3) is 0.457. The van der Waals surface area contributed by atoms with Gasteiger partial charge >= 0.3 is 6.18 Å². The molecule has 1 aromatic heterocycles. The van der Waals surface area contributed by atoms with Gasteiger partial charge in [0.2, 0.25) is 17.7 Å². The van der Waals surface area contributed by atoms with Crippen molar-refractivity contribution >= 4 is 57.6 Å². The number of rotatable bonds is 16. The van der Waals surface area contributed by atoms with Gasteiger partial charge in [0, 0.05) is 79.8 Å². The minimum Gasteiger partial charge on any atom is -0.493 e. The number of carbonyl (C=O) groups excluding carboxylic acids is 5. The van der Waals surface area contributed by atoms with Crippen LogP contribution in [0.2, 0.25) is 0 Å². The van der Waals surface area contributed by atoms with Gasteiger partial charge in [-0.15, -0.1) is 0 Å². The number of methoxy groups -OCH3 is 1. The van der Waals surface area contributed by atoms with Gasteiger partial charge in [-0.3, -0.25) is 28.9 Å². The Bertz CT molecular complexity index is 2460. The Morgan fingerprint density at radius 1 is 0.969 bits per heavy atom. The van der Waals surface area contributed by atoms with Crippen LogP contribution in [0, 0.1) is 6.92 Å². The maximum absolute atomic E-state index is 13.5. The number of nitrogen functional groups attached to an aromatic ring is 1. The van der Waals surface area contributed by atoms with E-state index in [1.165, 1.54) is 25.1 Å². The Hall–Kier alpha value is -6.46. The summed E-state index contributed by atoms with van der Waals surface area (Å²) < 4.78 is 52.7. The lowest BCUT2D eigenvalue weighted by Gasteiger charge is -2.33. The van der Waals surface area contributed by atoms with E-state index >= 15 is 0 Å². The lowest BCUT2D eigenvalue weighted by atomic mass is 10.0. The fourth-order valence-electron chi connectivity index (χ4n) is 8.60. The summed E-state index contributed by atoms with van der Waals surface area (Å²) in [5.74, 6) is 0.611. The van der Waals surface area contributed by atoms with Crippen molar-refractivity contribution in [3.63, 3.8) is 0 Å². The first-order valence-corrected chi connectivity index (χ1v) is 21.6. The number of nitrogens with two attached hydrogens (primary N) is 1. The monoisotopic (exact) mass is 886 g/mol. The molecule has 64 heavy (non-hydrogen) atoms. The number of nitrogens with zero attached hydrogens (tertiary/aromatic N) is 5. The maximum Gasteiger partial charge on any atom is 0.416 e. The zero-order valence-electron chi connectivity index (χ0n) is 36.3. The lowest BCUT2D eigenvalue weighted by molar-refractivity contribution is -0.150. The Labute approximate surface area is 368 Å². The molecule has 5 amide bonds. The number of alkyl halides is 3. The van der Waals surface area contributed by atoms with Crippen LogP contribution in [0.15, 0.2) is 48.5 Å². The third kappa shape index (κ3) is 10.2. The molecule has 3 aliphatic rings. The molecule has 0 radical (unpaired) electrons. The number of hydrogen-bond donors (Lipinski definition) is 3. The number of carbonyl (C=O) groups is 5. The number of halogens is 3. The van der Waals surface area contributed by atoms with Gasteiger partial charge in [0.15, 0.2) is 11.5 Å². The number of amides is 5. The van der Waals surface area contributed by atoms with Gasteiger partial charge in [-0.1, -0.05) is 25.3 Å². The maximum atomic E-state index is 13.5. The molecule has 3 atom stereocenters. The van der Waals surface area contributed by atoms with Gasteiger partial charge in [-0.2, -0.15) is 13.2 Å². The van der Waals surface area contributed by atoms with Crippen LogP contribution in [0.1, 0.15) is 110 Å². The van der Waals surface area contributed by atoms with Crippen molar-refractivity contribution < 1.29 is 46.6 Å². The molecule has 4 aromatic rings. The molecule has 18 heteroatoms. The number of imide groups is 1. The fourth-order valence-corrected chi connectivity index (χ4v) is 8.60. The highest BCUT2D eigenvalue weighted by Gasteiger charge is 2.42. The van der Waals surface area contributed by atoms with Crippen molar-refractivity contribution in [1.29, 1.82) is 0 Å². The third-order valence-electron chi connectivity index (χ3n) is 12.1. The van der Waals surface area contributed by atoms with Gasteiger partial charge in [0.25, 0.3) is 11.8 Å². The van der Waals surface area contributed by atoms with E-state index in [2.05, 4.69) is 20.6 Å². The molecule has 1 unspecified atom stereocenters. The summed E-state index contributed by atoms with van der Waals surface area (Å²) in [5.41, 5.74) is 7.52. The predicted molar refractivity (Wildman–Crippen MR) is 232 cm³/mol. The molecule has 2 saturated heterocycles. The summed E-state index contributed by atoms with van der Waals surface area (Å²) >= 11 is 0. The summed E-state index contributed by atoms with van der Waals surface area (Å²) in [6, 6.07) is 10.7. The van der Waals surface area contributed by atoms with Crippen LogP contribution in [0.4, 0.5) is 30.4 Å². The van der Waals surface area contributed by atoms with Crippen molar-refractivity contribution in [3.8, 4) is 11.5 Å². The molecule has 0 bridgehead atoms. The predicted octanol–water partition coefficient (Wildman–Crippen LogP) is 7.17. The third-order valence-corrected chi connectivity index (χ3v) is 12.1. The molecule has 7 rings (SSSR count). The Morgan fingerprint density at radius 2 is 1.72 bits per heavy atom. The highest BCUT2D eigenvalue weighted by atomic mass is 19.4. The summed E-state index contributed by atoms with van der Waals surface area (Å²) in [4.78, 5) is 77.5. The van der Waals surface area contributed by atoms with Crippen molar-refractivity contribution in [2.24, 2.45) is 0 Å². The first-order valence-electron chi connectivity index (χ1n) is 21.6. The zero-order valence-corrected chi connectivity index (χ0v) is 36.3. The molecule has 4 N–H and O–H groups in total. The Morgan fingerprint density at radius 3 is 2.47 bits per heavy atom. The number of nitrogens with one attached hydrogen (secondary N) is 2. The first-order chi connectivity index (χ1) is 30.5. The molecular weight excluding hydrogens is 834 g/mol. The van der Waals surface area contributed by atoms with Gasteiger partial charge in [-0.25, -0.2) is 9.97 Å². The second kappa shape index (κ2) is 19.1. The molecule has 340 valence electrons. The van der Waals surface area contributed by atoms with Crippen molar-refractivity contribution in [3.05, 3.63) is 76.6 Å². The highest BCUT2D eigenvalue weighted by molar-refractivity contribution is 6.06. The van der Waals surface area contributed by atoms with E-state index < -0.39 is 29.7 Å². The quantitative estimate of drug-likeness (QED) is 0.0588. The van der Waals surface area contributed by atoms with E-state index in [4.69, 9.17) is 15.2 Å². The molecular formula is C46H53F3N8O7. The summed E-state index contributed by atoms with van der Waals surface area (Å²) in [5, 5.41) is 6.75. The minimum absolute atomic E-state index is 0.00395. The standard InChI is InChI=1S/C46H53F3N8O7/c1-26(28-19-29(46(47,48)49)21-30(50)20-28)51-43-33-22-39(38(63-4)23-36(33)52-27(2)53-43)64-31-17-18-56(24-31)42(60)14-9-7-5-6-8-13-40(58)54-35-12-10-11-32-34(35)25-57(44(32)61)37-15-16-41(59)55(3)45(37)62/h10-12,19-23,26,31,37H,5-9,13-18,24-25,50H2,1-4H3,(H,54,58)(H,51,52,53)/t26-,31+,37?/m1/s1. The largest absolute Gasteiger partial charge is 0.493 e. The number of aromatic nitrogens is 2. The number of aryl methyl sites for hydroxylation is 1. The highest BCUT2D eigenvalue weighted by Crippen LogP contribution is 2.38. The average molecular weight is 887 g/mol. The van der Waals surface area contributed by atoms with E-state index in [1.807, 2.05) is 0 Å². The molecule has 3 aromatic carbocycles. The minimum atomic E-state index is -4.55. The molecule has 0 spiro atoms. The van der Waals surface area contributed by atoms with Gasteiger partial charge < -0.3 is 35.6 Å². The van der Waals surface area contributed by atoms with Crippen LogP contribution in [0.25, 0.3) is 10.9 Å². The number of likely N-dealkylation sites (N-methyl/N-ethyl adjacent to an activating group) is 1. The Kier molecular flexibility index (Phi) is 13.6. The summed E-state index contributed by atoms with van der Waals surface area (Å²) in [6.07, 6.45) is 0.763. The van der Waals surface area contributed by atoms with Crippen LogP contribution < -0.4 is 25.8 Å². The average Bonchev–Trinajstić information content (AvgIpc) is 3.86. The summed E-state index contributed by atoms with van der Waals surface area (Å²) in [6.45, 7) is 4.54. The second-order valence-corrected chi connectivity index (χ2v) is 16.7. The van der Waals surface area contributed by atoms with Crippen molar-refractivity contribution in [1.82, 2.24) is 24.7 Å². The number of anilines is 3. The number of fused-ring (bicyclic) bond motifs is 2. The molecule has 0 saturated carbocycles. The molecule has 15 nitrogen and oxygen atoms in total. The molecule has 2 fully saturated rings. The van der Waals surface area contributed by atoms with Crippen LogP contribution >= 0.6 is 0 Å². The van der Waals surface area contributed by atoms with Crippen molar-refractivity contribution in [2.75, 3.05) is 43.6 Å². The van der Waals surface area contributed by atoms with E-state index in [1.54, 1.807) is 49.1 Å². The van der Waals surface area contributed by atoms with E-state index in [0.29, 0.717) is 102 Å². The SMILES string of the molecule is COc1cc2nc(C)nc(N[C@H](C)c3cc(N)cc(C(F)(F)F)c3)c2cc1O[C@H]1CCN(C(=O)CCCCCCCC(=O)Nc2cccc3c2CN(C2CCC(=O)N(C)C2=O)C3=O)C1.